The third kappa shape index (κ3) is 7.52. The summed E-state index contributed by atoms with van der Waals surface area (Å²) >= 11 is 1.90. The Labute approximate surface area is 186 Å². The van der Waals surface area contributed by atoms with Crippen LogP contribution < -0.4 is 16.0 Å². The minimum Gasteiger partial charge on any atom is -0.356 e. The van der Waals surface area contributed by atoms with E-state index in [4.69, 9.17) is 4.52 Å². The number of amides is 3. The Morgan fingerprint density at radius 3 is 2.94 bits per heavy atom. The molecule has 2 fully saturated rings. The third-order valence-corrected chi connectivity index (χ3v) is 8.36. The van der Waals surface area contributed by atoms with Gasteiger partial charge >= 0.3 is 13.8 Å². The highest BCUT2D eigenvalue weighted by molar-refractivity contribution is 8.00. The molecular weight excluding hydrogens is 441 g/mol. The van der Waals surface area contributed by atoms with Gasteiger partial charge in [0.05, 0.1) is 18.7 Å². The summed E-state index contributed by atoms with van der Waals surface area (Å²) in [7, 11) is -3.83. The number of thioether (sulfide) groups is 1. The lowest BCUT2D eigenvalue weighted by Crippen LogP contribution is -2.36. The van der Waals surface area contributed by atoms with Crippen molar-refractivity contribution >= 4 is 31.4 Å². The summed E-state index contributed by atoms with van der Waals surface area (Å²) in [6.07, 6.45) is 10.8. The van der Waals surface area contributed by atoms with Crippen LogP contribution in [0.1, 0.15) is 51.4 Å². The quantitative estimate of drug-likeness (QED) is 0.185. The molecule has 3 rings (SSSR count). The maximum absolute atomic E-state index is 12.0. The number of nitrogens with zero attached hydrogens (tertiary/aromatic N) is 2. The van der Waals surface area contributed by atoms with Gasteiger partial charge < -0.3 is 20.8 Å². The maximum Gasteiger partial charge on any atom is 0.437 e. The van der Waals surface area contributed by atoms with Gasteiger partial charge in [-0.2, -0.15) is 11.8 Å². The summed E-state index contributed by atoms with van der Waals surface area (Å²) in [5.41, 5.74) is 0. The van der Waals surface area contributed by atoms with Crippen LogP contribution in [0, 0.1) is 0 Å². The van der Waals surface area contributed by atoms with E-state index in [9.17, 15) is 19.0 Å². The number of hydrogen-bond donors (Lipinski definition) is 4. The second-order valence-corrected chi connectivity index (χ2v) is 10.9. The summed E-state index contributed by atoms with van der Waals surface area (Å²) in [4.78, 5) is 36.8. The molecule has 0 aliphatic carbocycles. The molecule has 3 heterocycles. The van der Waals surface area contributed by atoms with Crippen LogP contribution in [-0.4, -0.2) is 62.4 Å². The standard InChI is InChI=1S/C19H32N5O5PS/c25-17(8-4-3-7-16-18-15(13-31-16)22-19(26)23-18)21-9-5-1-2-6-12-29-30(27,28)24-11-10-20-14-24/h10-11,14-16,18H,1-9,12-13H2,(H,21,25)(H,27,28)(H2,22,23,26). The molecule has 0 bridgehead atoms. The van der Waals surface area contributed by atoms with Gasteiger partial charge in [-0.3, -0.25) is 9.32 Å². The highest BCUT2D eigenvalue weighted by Crippen LogP contribution is 2.43. The molecule has 10 nitrogen and oxygen atoms in total. The first kappa shape index (κ1) is 24.1. The van der Waals surface area contributed by atoms with E-state index in [0.717, 1.165) is 48.6 Å². The van der Waals surface area contributed by atoms with Crippen LogP contribution >= 0.6 is 19.5 Å². The molecule has 12 heteroatoms. The zero-order valence-electron chi connectivity index (χ0n) is 17.6. The van der Waals surface area contributed by atoms with Crippen molar-refractivity contribution in [2.24, 2.45) is 0 Å². The average Bonchev–Trinajstić information content (AvgIpc) is 3.46. The van der Waals surface area contributed by atoms with Crippen LogP contribution in [0.4, 0.5) is 4.79 Å². The van der Waals surface area contributed by atoms with Crippen molar-refractivity contribution in [2.75, 3.05) is 18.9 Å². The van der Waals surface area contributed by atoms with E-state index in [1.54, 1.807) is 0 Å². The Hall–Kier alpha value is -1.55. The highest BCUT2D eigenvalue weighted by atomic mass is 32.2. The molecule has 31 heavy (non-hydrogen) atoms. The molecule has 0 saturated carbocycles. The predicted octanol–water partition coefficient (Wildman–Crippen LogP) is 2.25. The van der Waals surface area contributed by atoms with Crippen molar-refractivity contribution in [1.82, 2.24) is 25.3 Å². The number of imidazole rings is 1. The molecule has 4 unspecified atom stereocenters. The van der Waals surface area contributed by atoms with Gasteiger partial charge in [0.1, 0.15) is 6.33 Å². The molecule has 4 atom stereocenters. The van der Waals surface area contributed by atoms with E-state index >= 15 is 0 Å². The maximum atomic E-state index is 12.0. The average molecular weight is 474 g/mol. The van der Waals surface area contributed by atoms with Gasteiger partial charge in [-0.15, -0.1) is 0 Å². The van der Waals surface area contributed by atoms with Gasteiger partial charge in [0.2, 0.25) is 5.91 Å². The molecule has 4 N–H and O–H groups in total. The van der Waals surface area contributed by atoms with Crippen LogP contribution in [0.25, 0.3) is 0 Å². The third-order valence-electron chi connectivity index (χ3n) is 5.52. The fraction of sp³-hybridized carbons (Fsp3) is 0.737. The first-order valence-electron chi connectivity index (χ1n) is 10.9. The van der Waals surface area contributed by atoms with Crippen molar-refractivity contribution in [2.45, 2.75) is 68.7 Å². The first-order valence-corrected chi connectivity index (χ1v) is 13.4. The minimum absolute atomic E-state index is 0.0601. The van der Waals surface area contributed by atoms with Crippen LogP contribution in [0.2, 0.25) is 0 Å². The van der Waals surface area contributed by atoms with Crippen molar-refractivity contribution in [1.29, 1.82) is 0 Å². The summed E-state index contributed by atoms with van der Waals surface area (Å²) in [5.74, 6) is 1.04. The summed E-state index contributed by atoms with van der Waals surface area (Å²) in [5, 5.41) is 9.33. The Bertz CT molecular complexity index is 765. The second-order valence-electron chi connectivity index (χ2n) is 7.90. The lowest BCUT2D eigenvalue weighted by atomic mass is 10.0. The van der Waals surface area contributed by atoms with E-state index in [-0.39, 0.29) is 30.6 Å². The molecule has 1 aromatic heterocycles. The molecule has 2 aliphatic rings. The molecule has 174 valence electrons. The van der Waals surface area contributed by atoms with Gasteiger partial charge in [0.15, 0.2) is 0 Å². The van der Waals surface area contributed by atoms with Crippen LogP contribution in [0.3, 0.4) is 0 Å². The number of carbonyl (C=O) groups excluding carboxylic acids is 2. The van der Waals surface area contributed by atoms with Gasteiger partial charge in [0.25, 0.3) is 0 Å². The summed E-state index contributed by atoms with van der Waals surface area (Å²) < 4.78 is 18.1. The van der Waals surface area contributed by atoms with Gasteiger partial charge in [-0.25, -0.2) is 18.7 Å². The molecular formula is C19H32N5O5PS. The lowest BCUT2D eigenvalue weighted by Gasteiger charge is -2.16. The molecule has 3 amide bonds. The fourth-order valence-corrected chi connectivity index (χ4v) is 6.28. The minimum atomic E-state index is -3.83. The number of fused-ring (bicyclic) bond motifs is 1. The Kier molecular flexibility index (Phi) is 9.25. The Morgan fingerprint density at radius 2 is 2.13 bits per heavy atom. The van der Waals surface area contributed by atoms with Crippen LogP contribution in [0.5, 0.6) is 0 Å². The summed E-state index contributed by atoms with van der Waals surface area (Å²) in [6, 6.07) is 0.421. The highest BCUT2D eigenvalue weighted by Gasteiger charge is 2.42. The molecule has 0 aromatic carbocycles. The number of hydrogen-bond acceptors (Lipinski definition) is 6. The number of rotatable bonds is 14. The van der Waals surface area contributed by atoms with Crippen molar-refractivity contribution < 1.29 is 23.6 Å². The number of unbranched alkanes of at least 4 members (excludes halogenated alkanes) is 4. The smallest absolute Gasteiger partial charge is 0.356 e. The SMILES string of the molecule is O=C(CCCCC1SCC2NC(=O)NC21)NCCCCCCOP(=O)(O)n1ccnc1. The topological polar surface area (TPSA) is 135 Å². The number of urea groups is 1. The first-order chi connectivity index (χ1) is 15.0. The van der Waals surface area contributed by atoms with Crippen molar-refractivity contribution in [3.63, 3.8) is 0 Å². The Morgan fingerprint density at radius 1 is 1.29 bits per heavy atom. The Balaban J connectivity index is 1.13. The van der Waals surface area contributed by atoms with E-state index in [2.05, 4.69) is 20.9 Å². The van der Waals surface area contributed by atoms with Crippen molar-refractivity contribution in [3.05, 3.63) is 18.7 Å². The molecule has 0 radical (unpaired) electrons. The predicted molar refractivity (Wildman–Crippen MR) is 119 cm³/mol. The summed E-state index contributed by atoms with van der Waals surface area (Å²) in [6.45, 7) is 0.853. The molecule has 0 spiro atoms. The lowest BCUT2D eigenvalue weighted by molar-refractivity contribution is -0.121. The molecule has 1 aromatic rings. The fourth-order valence-electron chi connectivity index (χ4n) is 3.82. The van der Waals surface area contributed by atoms with Gasteiger partial charge in [-0.1, -0.05) is 19.3 Å². The largest absolute Gasteiger partial charge is 0.437 e. The van der Waals surface area contributed by atoms with Gasteiger partial charge in [-0.05, 0) is 25.7 Å². The number of carbonyl (C=O) groups is 2. The zero-order chi connectivity index (χ0) is 22.1. The zero-order valence-corrected chi connectivity index (χ0v) is 19.3. The van der Waals surface area contributed by atoms with Crippen LogP contribution in [-0.2, 0) is 13.9 Å². The van der Waals surface area contributed by atoms with Crippen molar-refractivity contribution in [3.8, 4) is 0 Å². The normalized spacial score (nSPS) is 24.3. The van der Waals surface area contributed by atoms with E-state index < -0.39 is 7.75 Å². The number of nitrogens with one attached hydrogen (secondary N) is 3. The monoisotopic (exact) mass is 473 g/mol. The van der Waals surface area contributed by atoms with E-state index in [0.29, 0.717) is 24.6 Å². The van der Waals surface area contributed by atoms with Gasteiger partial charge in [0, 0.05) is 36.4 Å². The van der Waals surface area contributed by atoms with E-state index in [1.165, 1.54) is 18.7 Å². The van der Waals surface area contributed by atoms with Crippen LogP contribution in [0.15, 0.2) is 18.7 Å². The molecule has 2 aliphatic heterocycles. The number of aromatic nitrogens is 2. The molecule has 2 saturated heterocycles. The van der Waals surface area contributed by atoms with E-state index in [1.807, 2.05) is 11.8 Å². The second kappa shape index (κ2) is 11.9.